The predicted octanol–water partition coefficient (Wildman–Crippen LogP) is 4.37. The molecule has 3 aromatic rings. The lowest BCUT2D eigenvalue weighted by molar-refractivity contribution is 0.0958. The smallest absolute Gasteiger partial charge is 0.295 e. The van der Waals surface area contributed by atoms with Crippen LogP contribution in [0.5, 0.6) is 11.5 Å². The monoisotopic (exact) mass is 380 g/mol. The maximum Gasteiger partial charge on any atom is 0.295 e. The van der Waals surface area contributed by atoms with Crippen LogP contribution >= 0.6 is 0 Å². The van der Waals surface area contributed by atoms with E-state index >= 15 is 0 Å². The molecule has 4 rings (SSSR count). The van der Waals surface area contributed by atoms with E-state index in [0.717, 1.165) is 12.1 Å². The normalized spacial score (nSPS) is 14.8. The molecule has 1 aromatic carbocycles. The maximum absolute atomic E-state index is 11.7. The fraction of sp³-hybridized carbons (Fsp3) is 0.381. The number of oxazole rings is 1. The molecule has 1 amide bonds. The van der Waals surface area contributed by atoms with Crippen LogP contribution in [0.1, 0.15) is 42.6 Å². The number of hydrogen-bond acceptors (Lipinski definition) is 6. The molecule has 1 aliphatic rings. The summed E-state index contributed by atoms with van der Waals surface area (Å²) < 4.78 is 11.7. The fourth-order valence-corrected chi connectivity index (χ4v) is 3.53. The van der Waals surface area contributed by atoms with Crippen LogP contribution in [0.15, 0.2) is 40.9 Å². The molecular formula is C21H24N4O3. The number of amides is 1. The third-order valence-corrected chi connectivity index (χ3v) is 5.05. The Morgan fingerprint density at radius 2 is 2.00 bits per heavy atom. The molecule has 2 heterocycles. The summed E-state index contributed by atoms with van der Waals surface area (Å²) in [6.07, 6.45) is 8.07. The van der Waals surface area contributed by atoms with Crippen molar-refractivity contribution in [3.8, 4) is 11.5 Å². The largest absolute Gasteiger partial charge is 0.457 e. The second kappa shape index (κ2) is 8.29. The molecule has 2 N–H and O–H groups in total. The quantitative estimate of drug-likeness (QED) is 0.660. The number of ether oxygens (including phenoxy) is 1. The molecule has 2 aromatic heterocycles. The van der Waals surface area contributed by atoms with Crippen molar-refractivity contribution >= 4 is 23.0 Å². The van der Waals surface area contributed by atoms with Crippen molar-refractivity contribution in [3.63, 3.8) is 0 Å². The van der Waals surface area contributed by atoms with Gasteiger partial charge in [0.05, 0.1) is 0 Å². The fourth-order valence-electron chi connectivity index (χ4n) is 3.53. The molecule has 28 heavy (non-hydrogen) atoms. The van der Waals surface area contributed by atoms with Gasteiger partial charge in [0.2, 0.25) is 0 Å². The van der Waals surface area contributed by atoms with Crippen molar-refractivity contribution < 1.29 is 13.9 Å². The molecule has 0 unspecified atom stereocenters. The summed E-state index contributed by atoms with van der Waals surface area (Å²) in [5, 5.41) is 5.88. The van der Waals surface area contributed by atoms with Crippen LogP contribution < -0.4 is 15.4 Å². The first-order chi connectivity index (χ1) is 13.7. The zero-order valence-electron chi connectivity index (χ0n) is 15.9. The molecular weight excluding hydrogens is 356 g/mol. The minimum atomic E-state index is -0.259. The van der Waals surface area contributed by atoms with Gasteiger partial charge in [-0.1, -0.05) is 19.3 Å². The topological polar surface area (TPSA) is 89.3 Å². The van der Waals surface area contributed by atoms with E-state index in [4.69, 9.17) is 9.15 Å². The summed E-state index contributed by atoms with van der Waals surface area (Å²) in [4.78, 5) is 20.2. The van der Waals surface area contributed by atoms with E-state index in [0.29, 0.717) is 34.7 Å². The Labute approximate surface area is 163 Å². The van der Waals surface area contributed by atoms with Gasteiger partial charge in [0.25, 0.3) is 11.9 Å². The van der Waals surface area contributed by atoms with Crippen LogP contribution in [0.3, 0.4) is 0 Å². The van der Waals surface area contributed by atoms with Gasteiger partial charge in [-0.15, -0.1) is 0 Å². The second-order valence-electron chi connectivity index (χ2n) is 7.09. The number of carbonyl (C=O) groups is 1. The molecule has 0 saturated heterocycles. The molecule has 0 aliphatic heterocycles. The van der Waals surface area contributed by atoms with Crippen LogP contribution in [0.25, 0.3) is 11.1 Å². The Balaban J connectivity index is 1.45. The number of aromatic nitrogens is 2. The number of hydrogen-bond donors (Lipinski definition) is 2. The average Bonchev–Trinajstić information content (AvgIpc) is 3.15. The third-order valence-electron chi connectivity index (χ3n) is 5.05. The van der Waals surface area contributed by atoms with Crippen LogP contribution in [-0.4, -0.2) is 29.5 Å². The minimum Gasteiger partial charge on any atom is -0.457 e. The maximum atomic E-state index is 11.7. The Kier molecular flexibility index (Phi) is 5.41. The Morgan fingerprint density at radius 3 is 2.82 bits per heavy atom. The van der Waals surface area contributed by atoms with Crippen LogP contribution in [0, 0.1) is 5.92 Å². The van der Waals surface area contributed by atoms with Gasteiger partial charge in [-0.2, -0.15) is 4.98 Å². The zero-order chi connectivity index (χ0) is 19.3. The van der Waals surface area contributed by atoms with E-state index in [1.165, 1.54) is 32.1 Å². The number of pyridine rings is 1. The molecule has 0 radical (unpaired) electrons. The van der Waals surface area contributed by atoms with Crippen molar-refractivity contribution in [2.24, 2.45) is 5.92 Å². The van der Waals surface area contributed by atoms with Gasteiger partial charge in [-0.05, 0) is 37.0 Å². The molecule has 1 fully saturated rings. The molecule has 1 saturated carbocycles. The number of benzene rings is 1. The van der Waals surface area contributed by atoms with Gasteiger partial charge in [-0.25, -0.2) is 0 Å². The lowest BCUT2D eigenvalue weighted by atomic mass is 9.89. The molecule has 0 bridgehead atoms. The van der Waals surface area contributed by atoms with Gasteiger partial charge in [-0.3, -0.25) is 9.78 Å². The molecule has 1 aliphatic carbocycles. The Morgan fingerprint density at radius 1 is 1.18 bits per heavy atom. The summed E-state index contributed by atoms with van der Waals surface area (Å²) in [7, 11) is 1.56. The van der Waals surface area contributed by atoms with E-state index in [-0.39, 0.29) is 5.91 Å². The molecule has 7 nitrogen and oxygen atoms in total. The number of rotatable bonds is 6. The summed E-state index contributed by atoms with van der Waals surface area (Å²) in [5.41, 5.74) is 1.73. The summed E-state index contributed by atoms with van der Waals surface area (Å²) in [6, 6.07) is 9.34. The second-order valence-corrected chi connectivity index (χ2v) is 7.09. The highest BCUT2D eigenvalue weighted by Crippen LogP contribution is 2.28. The SMILES string of the molecule is CNC(=O)c1cc(Oc2ccc3nc(NCC4CCCCC4)oc3c2)ccn1. The van der Waals surface area contributed by atoms with Gasteiger partial charge < -0.3 is 19.8 Å². The summed E-state index contributed by atoms with van der Waals surface area (Å²) >= 11 is 0. The van der Waals surface area contributed by atoms with Crippen LogP contribution in [-0.2, 0) is 0 Å². The Bertz CT molecular complexity index is 963. The van der Waals surface area contributed by atoms with Crippen LogP contribution in [0.2, 0.25) is 0 Å². The molecule has 0 atom stereocenters. The minimum absolute atomic E-state index is 0.259. The van der Waals surface area contributed by atoms with E-state index in [1.807, 2.05) is 12.1 Å². The molecule has 146 valence electrons. The van der Waals surface area contributed by atoms with Crippen LogP contribution in [0.4, 0.5) is 6.01 Å². The van der Waals surface area contributed by atoms with E-state index in [9.17, 15) is 4.79 Å². The highest BCUT2D eigenvalue weighted by atomic mass is 16.5. The van der Waals surface area contributed by atoms with E-state index < -0.39 is 0 Å². The first-order valence-corrected chi connectivity index (χ1v) is 9.72. The first-order valence-electron chi connectivity index (χ1n) is 9.72. The zero-order valence-corrected chi connectivity index (χ0v) is 15.9. The highest BCUT2D eigenvalue weighted by Gasteiger charge is 2.15. The standard InChI is InChI=1S/C21H24N4O3/c1-22-20(26)18-11-16(9-10-23-18)27-15-7-8-17-19(12-15)28-21(25-17)24-13-14-5-3-2-4-6-14/h7-12,14H,2-6,13H2,1H3,(H,22,26)(H,24,25). The summed E-state index contributed by atoms with van der Waals surface area (Å²) in [5.74, 6) is 1.58. The van der Waals surface area contributed by atoms with E-state index in [2.05, 4.69) is 20.6 Å². The highest BCUT2D eigenvalue weighted by molar-refractivity contribution is 5.92. The number of carbonyl (C=O) groups excluding carboxylic acids is 1. The Hall–Kier alpha value is -3.09. The van der Waals surface area contributed by atoms with Gasteiger partial charge in [0.15, 0.2) is 5.58 Å². The average molecular weight is 380 g/mol. The lowest BCUT2D eigenvalue weighted by Gasteiger charge is -2.21. The van der Waals surface area contributed by atoms with E-state index in [1.54, 1.807) is 31.4 Å². The molecule has 0 spiro atoms. The number of nitrogens with zero attached hydrogens (tertiary/aromatic N) is 2. The number of nitrogens with one attached hydrogen (secondary N) is 2. The van der Waals surface area contributed by atoms with Crippen molar-refractivity contribution in [2.75, 3.05) is 18.9 Å². The van der Waals surface area contributed by atoms with Crippen molar-refractivity contribution in [1.29, 1.82) is 0 Å². The first kappa shape index (κ1) is 18.3. The van der Waals surface area contributed by atoms with Gasteiger partial charge >= 0.3 is 0 Å². The van der Waals surface area contributed by atoms with Gasteiger partial charge in [0.1, 0.15) is 22.7 Å². The lowest BCUT2D eigenvalue weighted by Crippen LogP contribution is -2.18. The number of fused-ring (bicyclic) bond motifs is 1. The van der Waals surface area contributed by atoms with Gasteiger partial charge in [0, 0.05) is 31.9 Å². The summed E-state index contributed by atoms with van der Waals surface area (Å²) in [6.45, 7) is 0.898. The molecule has 7 heteroatoms. The van der Waals surface area contributed by atoms with Crippen molar-refractivity contribution in [1.82, 2.24) is 15.3 Å². The van der Waals surface area contributed by atoms with Crippen molar-refractivity contribution in [2.45, 2.75) is 32.1 Å². The third kappa shape index (κ3) is 4.24. The number of anilines is 1. The van der Waals surface area contributed by atoms with Crippen molar-refractivity contribution in [3.05, 3.63) is 42.2 Å². The predicted molar refractivity (Wildman–Crippen MR) is 107 cm³/mol.